The molecule has 7 nitrogen and oxygen atoms in total. The number of amides is 2. The van der Waals surface area contributed by atoms with Crippen molar-refractivity contribution in [2.45, 2.75) is 32.8 Å². The molecule has 0 aromatic heterocycles. The zero-order chi connectivity index (χ0) is 14.8. The normalized spacial score (nSPS) is 9.22. The molecule has 4 N–H and O–H groups in total. The van der Waals surface area contributed by atoms with Crippen LogP contribution < -0.4 is 11.1 Å². The first-order valence-electron chi connectivity index (χ1n) is 5.03. The predicted octanol–water partition coefficient (Wildman–Crippen LogP) is 0.0907. The lowest BCUT2D eigenvalue weighted by Gasteiger charge is -2.19. The minimum absolute atomic E-state index is 0.0875. The van der Waals surface area contributed by atoms with Crippen molar-refractivity contribution >= 4 is 18.0 Å². The van der Waals surface area contributed by atoms with Crippen LogP contribution in [0.15, 0.2) is 0 Å². The van der Waals surface area contributed by atoms with Crippen molar-refractivity contribution in [1.29, 1.82) is 0 Å². The molecule has 0 saturated heterocycles. The van der Waals surface area contributed by atoms with Gasteiger partial charge in [-0.15, -0.1) is 6.42 Å². The van der Waals surface area contributed by atoms with Gasteiger partial charge in [0.25, 0.3) is 5.91 Å². The molecule has 0 aliphatic carbocycles. The Hall–Kier alpha value is -2.23. The smallest absolute Gasteiger partial charge is 0.407 e. The van der Waals surface area contributed by atoms with E-state index in [2.05, 4.69) is 17.5 Å². The average Bonchev–Trinajstić information content (AvgIpc) is 2.15. The summed E-state index contributed by atoms with van der Waals surface area (Å²) in [5, 5.41) is 10.6. The number of hydrogen-bond acceptors (Lipinski definition) is 4. The lowest BCUT2D eigenvalue weighted by molar-refractivity contribution is -0.136. The number of carbonyl (C=O) groups excluding carboxylic acids is 2. The molecule has 7 heteroatoms. The van der Waals surface area contributed by atoms with Gasteiger partial charge in [-0.25, -0.2) is 4.79 Å². The first kappa shape index (κ1) is 18.1. The summed E-state index contributed by atoms with van der Waals surface area (Å²) in [4.78, 5) is 30.3. The van der Waals surface area contributed by atoms with E-state index in [0.29, 0.717) is 0 Å². The van der Waals surface area contributed by atoms with Crippen molar-refractivity contribution < 1.29 is 24.2 Å². The van der Waals surface area contributed by atoms with Gasteiger partial charge < -0.3 is 20.9 Å². The highest BCUT2D eigenvalue weighted by atomic mass is 16.6. The van der Waals surface area contributed by atoms with Gasteiger partial charge in [-0.2, -0.15) is 0 Å². The monoisotopic (exact) mass is 258 g/mol. The SMILES string of the molecule is C#CC(N)=O.CC(C)(C)OC(=O)NCCC(=O)O. The molecule has 0 bridgehead atoms. The number of carbonyl (C=O) groups is 3. The van der Waals surface area contributed by atoms with Gasteiger partial charge >= 0.3 is 12.1 Å². The molecule has 0 aromatic carbocycles. The fraction of sp³-hybridized carbons (Fsp3) is 0.545. The summed E-state index contributed by atoms with van der Waals surface area (Å²) in [6.07, 6.45) is 3.76. The first-order chi connectivity index (χ1) is 8.08. The van der Waals surface area contributed by atoms with Crippen LogP contribution in [0.3, 0.4) is 0 Å². The second-order valence-corrected chi connectivity index (χ2v) is 4.08. The van der Waals surface area contributed by atoms with Crippen LogP contribution in [0.2, 0.25) is 0 Å². The highest BCUT2D eigenvalue weighted by molar-refractivity contribution is 5.91. The Labute approximate surface area is 106 Å². The number of hydrogen-bond donors (Lipinski definition) is 3. The largest absolute Gasteiger partial charge is 0.481 e. The van der Waals surface area contributed by atoms with Gasteiger partial charge in [0, 0.05) is 6.54 Å². The second-order valence-electron chi connectivity index (χ2n) is 4.08. The molecule has 0 rings (SSSR count). The minimum atomic E-state index is -0.948. The van der Waals surface area contributed by atoms with Crippen LogP contribution in [0.4, 0.5) is 4.79 Å². The number of terminal acetylenes is 1. The Kier molecular flexibility index (Phi) is 8.94. The molecule has 0 saturated carbocycles. The number of nitrogens with one attached hydrogen (secondary N) is 1. The Morgan fingerprint density at radius 3 is 2.11 bits per heavy atom. The molecular weight excluding hydrogens is 240 g/mol. The third-order valence-corrected chi connectivity index (χ3v) is 1.15. The van der Waals surface area contributed by atoms with E-state index in [1.54, 1.807) is 26.7 Å². The van der Waals surface area contributed by atoms with Crippen molar-refractivity contribution in [1.82, 2.24) is 5.32 Å². The van der Waals surface area contributed by atoms with Gasteiger partial charge in [0.15, 0.2) is 0 Å². The number of carboxylic acid groups (broad SMARTS) is 1. The van der Waals surface area contributed by atoms with Gasteiger partial charge in [0.1, 0.15) is 5.60 Å². The lowest BCUT2D eigenvalue weighted by atomic mass is 10.2. The molecule has 0 aromatic rings. The topological polar surface area (TPSA) is 119 Å². The minimum Gasteiger partial charge on any atom is -0.481 e. The van der Waals surface area contributed by atoms with E-state index in [0.717, 1.165) is 0 Å². The Bertz CT molecular complexity index is 338. The van der Waals surface area contributed by atoms with Crippen LogP contribution in [0.1, 0.15) is 27.2 Å². The summed E-state index contributed by atoms with van der Waals surface area (Å²) in [7, 11) is 0. The number of nitrogens with two attached hydrogens (primary N) is 1. The van der Waals surface area contributed by atoms with E-state index >= 15 is 0 Å². The summed E-state index contributed by atoms with van der Waals surface area (Å²) in [6, 6.07) is 0. The van der Waals surface area contributed by atoms with Crippen molar-refractivity contribution in [2.75, 3.05) is 6.54 Å². The van der Waals surface area contributed by atoms with Crippen molar-refractivity contribution in [3.63, 3.8) is 0 Å². The lowest BCUT2D eigenvalue weighted by Crippen LogP contribution is -2.33. The van der Waals surface area contributed by atoms with Crippen molar-refractivity contribution in [3.05, 3.63) is 0 Å². The summed E-state index contributed by atoms with van der Waals surface area (Å²) in [5.74, 6) is 0.000980. The van der Waals surface area contributed by atoms with E-state index in [9.17, 15) is 14.4 Å². The average molecular weight is 258 g/mol. The first-order valence-corrected chi connectivity index (χ1v) is 5.03. The van der Waals surface area contributed by atoms with Crippen LogP contribution in [0.25, 0.3) is 0 Å². The quantitative estimate of drug-likeness (QED) is 0.620. The number of primary amides is 1. The molecule has 18 heavy (non-hydrogen) atoms. The maximum Gasteiger partial charge on any atom is 0.407 e. The molecule has 0 fully saturated rings. The van der Waals surface area contributed by atoms with Crippen LogP contribution in [-0.2, 0) is 14.3 Å². The van der Waals surface area contributed by atoms with Crippen molar-refractivity contribution in [3.8, 4) is 12.3 Å². The molecule has 0 unspecified atom stereocenters. The van der Waals surface area contributed by atoms with E-state index in [1.165, 1.54) is 0 Å². The van der Waals surface area contributed by atoms with Gasteiger partial charge in [-0.05, 0) is 26.7 Å². The number of alkyl carbamates (subject to hydrolysis) is 1. The maximum absolute atomic E-state index is 10.9. The molecule has 0 radical (unpaired) electrons. The Balaban J connectivity index is 0. The standard InChI is InChI=1S/C8H15NO4.C3H3NO/c1-8(2,3)13-7(12)9-5-4-6(10)11;1-2-3(4)5/h4-5H2,1-3H3,(H,9,12)(H,10,11);1H,(H2,4,5). The molecule has 2 amide bonds. The maximum atomic E-state index is 10.9. The number of carboxylic acids is 1. The van der Waals surface area contributed by atoms with Gasteiger partial charge in [0.05, 0.1) is 6.42 Å². The molecule has 0 atom stereocenters. The second kappa shape index (κ2) is 8.87. The third-order valence-electron chi connectivity index (χ3n) is 1.15. The van der Waals surface area contributed by atoms with E-state index < -0.39 is 23.6 Å². The zero-order valence-corrected chi connectivity index (χ0v) is 10.6. The fourth-order valence-corrected chi connectivity index (χ4v) is 0.586. The van der Waals surface area contributed by atoms with Crippen LogP contribution in [-0.4, -0.2) is 35.2 Å². The van der Waals surface area contributed by atoms with Gasteiger partial charge in [-0.3, -0.25) is 9.59 Å². The zero-order valence-electron chi connectivity index (χ0n) is 10.6. The number of rotatable bonds is 3. The summed E-state index contributed by atoms with van der Waals surface area (Å²) in [6.45, 7) is 5.31. The number of ether oxygens (including phenoxy) is 1. The molecule has 102 valence electrons. The fourth-order valence-electron chi connectivity index (χ4n) is 0.586. The van der Waals surface area contributed by atoms with Crippen LogP contribution >= 0.6 is 0 Å². The van der Waals surface area contributed by atoms with E-state index in [1.807, 2.05) is 0 Å². The summed E-state index contributed by atoms with van der Waals surface area (Å²) in [5.41, 5.74) is 3.87. The Morgan fingerprint density at radius 1 is 1.39 bits per heavy atom. The summed E-state index contributed by atoms with van der Waals surface area (Å²) >= 11 is 0. The molecule has 0 aliphatic rings. The van der Waals surface area contributed by atoms with Crippen LogP contribution in [0, 0.1) is 12.3 Å². The van der Waals surface area contributed by atoms with Gasteiger partial charge in [-0.1, -0.05) is 0 Å². The third kappa shape index (κ3) is 19.4. The molecular formula is C11H18N2O5. The molecule has 0 aliphatic heterocycles. The molecule has 0 spiro atoms. The van der Waals surface area contributed by atoms with Gasteiger partial charge in [0.2, 0.25) is 0 Å². The number of aliphatic carboxylic acids is 1. The highest BCUT2D eigenvalue weighted by Crippen LogP contribution is 2.06. The highest BCUT2D eigenvalue weighted by Gasteiger charge is 2.15. The van der Waals surface area contributed by atoms with E-state index in [4.69, 9.17) is 9.84 Å². The Morgan fingerprint density at radius 2 is 1.83 bits per heavy atom. The molecule has 0 heterocycles. The van der Waals surface area contributed by atoms with Crippen LogP contribution in [0.5, 0.6) is 0 Å². The van der Waals surface area contributed by atoms with E-state index in [-0.39, 0.29) is 13.0 Å². The predicted molar refractivity (Wildman–Crippen MR) is 64.5 cm³/mol. The van der Waals surface area contributed by atoms with Crippen molar-refractivity contribution in [2.24, 2.45) is 5.73 Å². The summed E-state index contributed by atoms with van der Waals surface area (Å²) < 4.78 is 4.88.